The molecule has 0 bridgehead atoms. The summed E-state index contributed by atoms with van der Waals surface area (Å²) in [5.41, 5.74) is 0.619. The van der Waals surface area contributed by atoms with Gasteiger partial charge in [-0.25, -0.2) is 8.42 Å². The van der Waals surface area contributed by atoms with Crippen molar-refractivity contribution in [2.24, 2.45) is 0 Å². The summed E-state index contributed by atoms with van der Waals surface area (Å²) in [7, 11) is -3.47. The lowest BCUT2D eigenvalue weighted by Gasteiger charge is -2.13. The van der Waals surface area contributed by atoms with Crippen LogP contribution in [0.25, 0.3) is 0 Å². The maximum Gasteiger partial charge on any atom is 0.157 e. The molecule has 0 saturated heterocycles. The second-order valence-electron chi connectivity index (χ2n) is 5.08. The predicted molar refractivity (Wildman–Crippen MR) is 91.9 cm³/mol. The van der Waals surface area contributed by atoms with Crippen LogP contribution in [0.2, 0.25) is 10.0 Å². The summed E-state index contributed by atoms with van der Waals surface area (Å²) >= 11 is 11.7. The summed E-state index contributed by atoms with van der Waals surface area (Å²) in [4.78, 5) is 0. The number of rotatable bonds is 7. The zero-order valence-corrected chi connectivity index (χ0v) is 14.5. The zero-order valence-electron chi connectivity index (χ0n) is 12.2. The van der Waals surface area contributed by atoms with Crippen LogP contribution in [0.4, 0.5) is 0 Å². The van der Waals surface area contributed by atoms with Crippen molar-refractivity contribution in [1.29, 1.82) is 0 Å². The Bertz CT molecular complexity index is 745. The van der Waals surface area contributed by atoms with Crippen molar-refractivity contribution in [3.8, 4) is 5.75 Å². The van der Waals surface area contributed by atoms with Gasteiger partial charge in [0.15, 0.2) is 9.84 Å². The van der Waals surface area contributed by atoms with Gasteiger partial charge in [-0.3, -0.25) is 0 Å². The molecule has 0 spiro atoms. The first-order valence-corrected chi connectivity index (χ1v) is 9.44. The first-order valence-electron chi connectivity index (χ1n) is 6.86. The third kappa shape index (κ3) is 6.03. The lowest BCUT2D eigenvalue weighted by molar-refractivity contribution is 0.125. The van der Waals surface area contributed by atoms with Gasteiger partial charge >= 0.3 is 0 Å². The highest BCUT2D eigenvalue weighted by molar-refractivity contribution is 7.90. The van der Waals surface area contributed by atoms with Gasteiger partial charge in [0.05, 0.1) is 16.5 Å². The highest BCUT2D eigenvalue weighted by Gasteiger charge is 2.19. The van der Waals surface area contributed by atoms with Gasteiger partial charge in [-0.05, 0) is 29.8 Å². The van der Waals surface area contributed by atoms with E-state index in [-0.39, 0.29) is 18.1 Å². The summed E-state index contributed by atoms with van der Waals surface area (Å²) < 4.78 is 29.5. The molecule has 0 heterocycles. The lowest BCUT2D eigenvalue weighted by Crippen LogP contribution is -2.27. The number of aliphatic hydroxyl groups is 1. The van der Waals surface area contributed by atoms with E-state index in [0.717, 1.165) is 0 Å². The number of ether oxygens (including phenoxy) is 1. The van der Waals surface area contributed by atoms with E-state index in [1.807, 2.05) is 0 Å². The van der Waals surface area contributed by atoms with E-state index in [1.165, 1.54) is 0 Å². The fourth-order valence-corrected chi connectivity index (χ4v) is 3.80. The highest BCUT2D eigenvalue weighted by atomic mass is 35.5. The molecule has 2 aromatic carbocycles. The van der Waals surface area contributed by atoms with Crippen LogP contribution in [-0.4, -0.2) is 32.0 Å². The fraction of sp³-hybridized carbons (Fsp3) is 0.250. The number of sulfone groups is 1. The predicted octanol–water partition coefficient (Wildman–Crippen LogP) is 3.35. The molecule has 0 saturated carbocycles. The van der Waals surface area contributed by atoms with Crippen molar-refractivity contribution < 1.29 is 18.3 Å². The minimum Gasteiger partial charge on any atom is -0.489 e. The number of hydrogen-bond acceptors (Lipinski definition) is 4. The zero-order chi connectivity index (χ0) is 16.9. The van der Waals surface area contributed by atoms with Gasteiger partial charge in [-0.15, -0.1) is 0 Å². The minimum absolute atomic E-state index is 0.149. The van der Waals surface area contributed by atoms with Gasteiger partial charge in [-0.1, -0.05) is 47.5 Å². The maximum atomic E-state index is 12.1. The summed E-state index contributed by atoms with van der Waals surface area (Å²) in [5.74, 6) is -0.142. The summed E-state index contributed by atoms with van der Waals surface area (Å²) in [6.45, 7) is -0.149. The molecule has 0 amide bonds. The van der Waals surface area contributed by atoms with Crippen molar-refractivity contribution in [2.75, 3.05) is 12.4 Å². The second kappa shape index (κ2) is 8.02. The Morgan fingerprint density at radius 1 is 1.04 bits per heavy atom. The van der Waals surface area contributed by atoms with Gasteiger partial charge in [0.1, 0.15) is 18.5 Å². The largest absolute Gasteiger partial charge is 0.489 e. The van der Waals surface area contributed by atoms with Crippen molar-refractivity contribution >= 4 is 33.0 Å². The van der Waals surface area contributed by atoms with Crippen LogP contribution in [0, 0.1) is 0 Å². The summed E-state index contributed by atoms with van der Waals surface area (Å²) in [6.07, 6.45) is -1.14. The van der Waals surface area contributed by atoms with Crippen molar-refractivity contribution in [1.82, 2.24) is 0 Å². The van der Waals surface area contributed by atoms with E-state index in [4.69, 9.17) is 27.9 Å². The molecule has 0 aliphatic carbocycles. The smallest absolute Gasteiger partial charge is 0.157 e. The quantitative estimate of drug-likeness (QED) is 0.806. The van der Waals surface area contributed by atoms with Gasteiger partial charge in [0.2, 0.25) is 0 Å². The number of aliphatic hydroxyl groups excluding tert-OH is 1. The number of benzene rings is 2. The van der Waals surface area contributed by atoms with Crippen LogP contribution in [-0.2, 0) is 15.6 Å². The Morgan fingerprint density at radius 3 is 2.35 bits per heavy atom. The molecule has 4 nitrogen and oxygen atoms in total. The average Bonchev–Trinajstić information content (AvgIpc) is 2.48. The molecule has 1 N–H and O–H groups in total. The molecule has 0 unspecified atom stereocenters. The van der Waals surface area contributed by atoms with Crippen LogP contribution < -0.4 is 4.74 Å². The van der Waals surface area contributed by atoms with Crippen molar-refractivity contribution in [2.45, 2.75) is 11.9 Å². The summed E-state index contributed by atoms with van der Waals surface area (Å²) in [6, 6.07) is 13.3. The molecular formula is C16H16Cl2O4S. The van der Waals surface area contributed by atoms with Crippen molar-refractivity contribution in [3.05, 3.63) is 64.1 Å². The van der Waals surface area contributed by atoms with Gasteiger partial charge in [0, 0.05) is 5.02 Å². The standard InChI is InChI=1S/C16H16Cl2O4S/c17-13-7-5-12(6-8-13)10-23(20,21)11-14(19)9-22-16-4-2-1-3-15(16)18/h1-8,14,19H,9-11H2/t14-/m1/s1. The molecule has 2 rings (SSSR count). The highest BCUT2D eigenvalue weighted by Crippen LogP contribution is 2.23. The van der Waals surface area contributed by atoms with E-state index in [2.05, 4.69) is 0 Å². The fourth-order valence-electron chi connectivity index (χ4n) is 1.98. The molecule has 23 heavy (non-hydrogen) atoms. The van der Waals surface area contributed by atoms with Gasteiger partial charge in [0.25, 0.3) is 0 Å². The normalized spacial score (nSPS) is 12.8. The Morgan fingerprint density at radius 2 is 1.70 bits per heavy atom. The lowest BCUT2D eigenvalue weighted by atomic mass is 10.2. The molecule has 1 atom stereocenters. The van der Waals surface area contributed by atoms with Crippen LogP contribution >= 0.6 is 23.2 Å². The van der Waals surface area contributed by atoms with Crippen LogP contribution in [0.5, 0.6) is 5.75 Å². The molecule has 124 valence electrons. The molecule has 0 aliphatic heterocycles. The monoisotopic (exact) mass is 374 g/mol. The average molecular weight is 375 g/mol. The van der Waals surface area contributed by atoms with Crippen molar-refractivity contribution in [3.63, 3.8) is 0 Å². The molecule has 0 aliphatic rings. The Kier molecular flexibility index (Phi) is 6.30. The Balaban J connectivity index is 1.89. The third-order valence-electron chi connectivity index (χ3n) is 3.01. The van der Waals surface area contributed by atoms with E-state index in [9.17, 15) is 13.5 Å². The third-order valence-corrected chi connectivity index (χ3v) is 5.24. The van der Waals surface area contributed by atoms with Gasteiger partial charge < -0.3 is 9.84 Å². The second-order valence-corrected chi connectivity index (χ2v) is 8.03. The topological polar surface area (TPSA) is 63.6 Å². The van der Waals surface area contributed by atoms with Crippen LogP contribution in [0.15, 0.2) is 48.5 Å². The molecule has 0 aromatic heterocycles. The molecule has 7 heteroatoms. The Labute approximate surface area is 145 Å². The molecule has 0 fully saturated rings. The van der Waals surface area contributed by atoms with Crippen LogP contribution in [0.1, 0.15) is 5.56 Å². The van der Waals surface area contributed by atoms with E-state index < -0.39 is 15.9 Å². The maximum absolute atomic E-state index is 12.1. The number of para-hydroxylation sites is 1. The number of halogens is 2. The SMILES string of the molecule is O=S(=O)(Cc1ccc(Cl)cc1)C[C@H](O)COc1ccccc1Cl. The summed E-state index contributed by atoms with van der Waals surface area (Å²) in [5, 5.41) is 10.8. The Hall–Kier alpha value is -1.27. The minimum atomic E-state index is -3.47. The molecule has 2 aromatic rings. The first kappa shape index (κ1) is 18.1. The van der Waals surface area contributed by atoms with E-state index in [1.54, 1.807) is 48.5 Å². The van der Waals surface area contributed by atoms with Gasteiger partial charge in [-0.2, -0.15) is 0 Å². The molecular weight excluding hydrogens is 359 g/mol. The first-order chi connectivity index (χ1) is 10.9. The molecule has 0 radical (unpaired) electrons. The van der Waals surface area contributed by atoms with E-state index >= 15 is 0 Å². The number of hydrogen-bond donors (Lipinski definition) is 1. The van der Waals surface area contributed by atoms with E-state index in [0.29, 0.717) is 21.4 Å². The van der Waals surface area contributed by atoms with Crippen LogP contribution in [0.3, 0.4) is 0 Å².